The number of hydrogen-bond donors (Lipinski definition) is 3. The molecule has 1 aromatic carbocycles. The van der Waals surface area contributed by atoms with Gasteiger partial charge in [-0.1, -0.05) is 18.2 Å². The predicted octanol–water partition coefficient (Wildman–Crippen LogP) is 2.14. The summed E-state index contributed by atoms with van der Waals surface area (Å²) in [6.07, 6.45) is 3.59. The minimum atomic E-state index is -0.148. The third-order valence-electron chi connectivity index (χ3n) is 5.21. The molecule has 3 aromatic rings. The molecular formula is C19H24N6O. The zero-order valence-electron chi connectivity index (χ0n) is 15.2. The first-order valence-corrected chi connectivity index (χ1v) is 8.93. The number of hydrogen-bond acceptors (Lipinski definition) is 6. The molecule has 0 atom stereocenters. The minimum Gasteiger partial charge on any atom is -0.390 e. The summed E-state index contributed by atoms with van der Waals surface area (Å²) in [6, 6.07) is 5.98. The Morgan fingerprint density at radius 1 is 1.27 bits per heavy atom. The van der Waals surface area contributed by atoms with Crippen molar-refractivity contribution in [1.29, 1.82) is 0 Å². The molecule has 0 aliphatic carbocycles. The number of aryl methyl sites for hydroxylation is 1. The first-order chi connectivity index (χ1) is 12.5. The van der Waals surface area contributed by atoms with Gasteiger partial charge in [0.25, 0.3) is 0 Å². The van der Waals surface area contributed by atoms with Crippen molar-refractivity contribution in [3.05, 3.63) is 35.8 Å². The maximum Gasteiger partial charge on any atom is 0.153 e. The Morgan fingerprint density at radius 2 is 2.04 bits per heavy atom. The quantitative estimate of drug-likeness (QED) is 0.667. The summed E-state index contributed by atoms with van der Waals surface area (Å²) < 4.78 is 0. The summed E-state index contributed by atoms with van der Waals surface area (Å²) in [5.74, 6) is 0.765. The maximum absolute atomic E-state index is 9.91. The molecule has 0 saturated carbocycles. The van der Waals surface area contributed by atoms with E-state index in [1.54, 1.807) is 6.20 Å². The number of aliphatic hydroxyl groups is 1. The molecule has 0 bridgehead atoms. The molecule has 1 fully saturated rings. The van der Waals surface area contributed by atoms with Crippen LogP contribution < -0.4 is 10.6 Å². The van der Waals surface area contributed by atoms with Crippen LogP contribution >= 0.6 is 0 Å². The third-order valence-corrected chi connectivity index (χ3v) is 5.21. The fourth-order valence-corrected chi connectivity index (χ4v) is 3.55. The number of rotatable bonds is 3. The number of anilines is 1. The molecule has 26 heavy (non-hydrogen) atoms. The molecule has 4 rings (SSSR count). The van der Waals surface area contributed by atoms with E-state index in [2.05, 4.69) is 22.0 Å². The normalized spacial score (nSPS) is 17.0. The number of para-hydroxylation sites is 1. The third kappa shape index (κ3) is 2.93. The number of piperidine rings is 1. The van der Waals surface area contributed by atoms with Gasteiger partial charge in [0, 0.05) is 29.6 Å². The molecule has 0 spiro atoms. The van der Waals surface area contributed by atoms with Crippen molar-refractivity contribution < 1.29 is 5.11 Å². The Labute approximate surface area is 152 Å². The Morgan fingerprint density at radius 3 is 2.77 bits per heavy atom. The number of H-pyrrole nitrogens is 1. The molecule has 0 radical (unpaired) electrons. The number of aromatic nitrogens is 4. The second-order valence-electron chi connectivity index (χ2n) is 7.37. The van der Waals surface area contributed by atoms with Gasteiger partial charge in [0.15, 0.2) is 5.82 Å². The molecule has 7 nitrogen and oxygen atoms in total. The van der Waals surface area contributed by atoms with Gasteiger partial charge >= 0.3 is 0 Å². The summed E-state index contributed by atoms with van der Waals surface area (Å²) in [6.45, 7) is 5.54. The van der Waals surface area contributed by atoms with Crippen molar-refractivity contribution in [1.82, 2.24) is 20.2 Å². The number of nitrogens with zero attached hydrogens (tertiary/aromatic N) is 4. The van der Waals surface area contributed by atoms with Crippen molar-refractivity contribution in [3.8, 4) is 11.3 Å². The van der Waals surface area contributed by atoms with Crippen LogP contribution in [-0.4, -0.2) is 43.9 Å². The number of aromatic amines is 1. The van der Waals surface area contributed by atoms with Crippen LogP contribution in [0.2, 0.25) is 0 Å². The van der Waals surface area contributed by atoms with Crippen LogP contribution in [0.4, 0.5) is 5.82 Å². The van der Waals surface area contributed by atoms with E-state index in [1.807, 2.05) is 25.1 Å². The van der Waals surface area contributed by atoms with E-state index in [0.717, 1.165) is 59.6 Å². The van der Waals surface area contributed by atoms with Crippen LogP contribution in [0.3, 0.4) is 0 Å². The van der Waals surface area contributed by atoms with Gasteiger partial charge in [0.2, 0.25) is 0 Å². The molecule has 0 unspecified atom stereocenters. The Balaban J connectivity index is 1.76. The zero-order valence-corrected chi connectivity index (χ0v) is 15.2. The van der Waals surface area contributed by atoms with Gasteiger partial charge in [-0.3, -0.25) is 5.10 Å². The van der Waals surface area contributed by atoms with Gasteiger partial charge in [0.05, 0.1) is 29.7 Å². The van der Waals surface area contributed by atoms with E-state index in [9.17, 15) is 5.11 Å². The molecular weight excluding hydrogens is 328 g/mol. The number of aliphatic hydroxyl groups excluding tert-OH is 1. The fourth-order valence-electron chi connectivity index (χ4n) is 3.55. The highest BCUT2D eigenvalue weighted by Crippen LogP contribution is 2.31. The topological polar surface area (TPSA) is 104 Å². The lowest BCUT2D eigenvalue weighted by Crippen LogP contribution is -2.48. The highest BCUT2D eigenvalue weighted by Gasteiger charge is 2.28. The lowest BCUT2D eigenvalue weighted by molar-refractivity contribution is 0.275. The summed E-state index contributed by atoms with van der Waals surface area (Å²) in [5.41, 5.74) is 10.2. The summed E-state index contributed by atoms with van der Waals surface area (Å²) in [4.78, 5) is 11.8. The lowest BCUT2D eigenvalue weighted by Gasteiger charge is -2.38. The van der Waals surface area contributed by atoms with E-state index in [4.69, 9.17) is 15.7 Å². The SMILES string of the molecule is Cc1nc(N2CCC(C)(N)CC2)c(CO)nc1-c1cccc2cn[nH]c12. The monoisotopic (exact) mass is 352 g/mol. The Bertz CT molecular complexity index is 938. The van der Waals surface area contributed by atoms with Gasteiger partial charge in [-0.2, -0.15) is 5.10 Å². The summed E-state index contributed by atoms with van der Waals surface area (Å²) >= 11 is 0. The summed E-state index contributed by atoms with van der Waals surface area (Å²) in [7, 11) is 0. The molecule has 1 saturated heterocycles. The van der Waals surface area contributed by atoms with Crippen LogP contribution in [0.1, 0.15) is 31.2 Å². The van der Waals surface area contributed by atoms with Crippen molar-refractivity contribution in [2.75, 3.05) is 18.0 Å². The molecule has 0 amide bonds. The van der Waals surface area contributed by atoms with E-state index in [0.29, 0.717) is 5.69 Å². The van der Waals surface area contributed by atoms with Gasteiger partial charge in [-0.25, -0.2) is 9.97 Å². The molecule has 3 heterocycles. The predicted molar refractivity (Wildman–Crippen MR) is 102 cm³/mol. The standard InChI is InChI=1S/C19H24N6O/c1-12-16(14-5-3-4-13-10-21-24-17(13)14)23-15(11-26)18(22-12)25-8-6-19(2,20)7-9-25/h3-5,10,26H,6-9,11,20H2,1-2H3,(H,21,24). The van der Waals surface area contributed by atoms with Crippen LogP contribution in [0, 0.1) is 6.92 Å². The second kappa shape index (κ2) is 6.34. The molecule has 7 heteroatoms. The number of nitrogens with one attached hydrogen (secondary N) is 1. The van der Waals surface area contributed by atoms with Gasteiger partial charge in [0.1, 0.15) is 5.69 Å². The maximum atomic E-state index is 9.91. The van der Waals surface area contributed by atoms with Crippen LogP contribution in [0.5, 0.6) is 0 Å². The van der Waals surface area contributed by atoms with Gasteiger partial charge in [-0.05, 0) is 26.7 Å². The Kier molecular flexibility index (Phi) is 4.13. The van der Waals surface area contributed by atoms with Crippen molar-refractivity contribution >= 4 is 16.7 Å². The van der Waals surface area contributed by atoms with Crippen molar-refractivity contribution in [2.45, 2.75) is 38.8 Å². The largest absolute Gasteiger partial charge is 0.390 e. The fraction of sp³-hybridized carbons (Fsp3) is 0.421. The second-order valence-corrected chi connectivity index (χ2v) is 7.37. The Hall–Kier alpha value is -2.51. The average molecular weight is 352 g/mol. The average Bonchev–Trinajstić information content (AvgIpc) is 3.10. The van der Waals surface area contributed by atoms with E-state index < -0.39 is 0 Å². The number of fused-ring (bicyclic) bond motifs is 1. The highest BCUT2D eigenvalue weighted by atomic mass is 16.3. The first kappa shape index (κ1) is 16.9. The van der Waals surface area contributed by atoms with Crippen LogP contribution in [-0.2, 0) is 6.61 Å². The highest BCUT2D eigenvalue weighted by molar-refractivity contribution is 5.92. The van der Waals surface area contributed by atoms with Gasteiger partial charge < -0.3 is 15.7 Å². The molecule has 2 aromatic heterocycles. The van der Waals surface area contributed by atoms with Gasteiger partial charge in [-0.15, -0.1) is 0 Å². The van der Waals surface area contributed by atoms with E-state index >= 15 is 0 Å². The number of benzene rings is 1. The van der Waals surface area contributed by atoms with Crippen LogP contribution in [0.15, 0.2) is 24.4 Å². The minimum absolute atomic E-state index is 0.130. The van der Waals surface area contributed by atoms with E-state index in [1.165, 1.54) is 0 Å². The van der Waals surface area contributed by atoms with Crippen LogP contribution in [0.25, 0.3) is 22.2 Å². The van der Waals surface area contributed by atoms with Crippen molar-refractivity contribution in [3.63, 3.8) is 0 Å². The number of nitrogens with two attached hydrogens (primary N) is 1. The molecule has 1 aliphatic heterocycles. The zero-order chi connectivity index (χ0) is 18.3. The summed E-state index contributed by atoms with van der Waals surface area (Å²) in [5, 5.41) is 18.1. The van der Waals surface area contributed by atoms with E-state index in [-0.39, 0.29) is 12.1 Å². The molecule has 1 aliphatic rings. The smallest absolute Gasteiger partial charge is 0.153 e. The van der Waals surface area contributed by atoms with Crippen molar-refractivity contribution in [2.24, 2.45) is 5.73 Å². The first-order valence-electron chi connectivity index (χ1n) is 8.93. The molecule has 4 N–H and O–H groups in total. The lowest BCUT2D eigenvalue weighted by atomic mass is 9.91. The molecule has 136 valence electrons.